The highest BCUT2D eigenvalue weighted by Crippen LogP contribution is 2.19. The Kier molecular flexibility index (Phi) is 12.1. The van der Waals surface area contributed by atoms with Crippen molar-refractivity contribution in [3.05, 3.63) is 35.4 Å². The van der Waals surface area contributed by atoms with Crippen molar-refractivity contribution in [1.29, 1.82) is 0 Å². The van der Waals surface area contributed by atoms with Crippen molar-refractivity contribution in [2.45, 2.75) is 32.7 Å². The number of ether oxygens (including phenoxy) is 3. The lowest BCUT2D eigenvalue weighted by Gasteiger charge is -2.30. The van der Waals surface area contributed by atoms with E-state index in [1.165, 1.54) is 12.1 Å². The van der Waals surface area contributed by atoms with E-state index in [2.05, 4.69) is 33.2 Å². The maximum atomic E-state index is 13.1. The average molecular weight is 548 g/mol. The third kappa shape index (κ3) is 7.46. The highest BCUT2D eigenvalue weighted by atomic mass is 127. The second-order valence-corrected chi connectivity index (χ2v) is 7.34. The number of carbonyl (C=O) groups excluding carboxylic acids is 4. The molecule has 0 spiro atoms. The van der Waals surface area contributed by atoms with Gasteiger partial charge in [-0.25, -0.2) is 9.59 Å². The van der Waals surface area contributed by atoms with Crippen LogP contribution in [-0.4, -0.2) is 66.7 Å². The van der Waals surface area contributed by atoms with Crippen molar-refractivity contribution in [3.63, 3.8) is 0 Å². The molecule has 0 atom stereocenters. The summed E-state index contributed by atoms with van der Waals surface area (Å²) in [5.41, 5.74) is -1.98. The van der Waals surface area contributed by atoms with Crippen molar-refractivity contribution >= 4 is 46.3 Å². The molecule has 0 heterocycles. The Morgan fingerprint density at radius 3 is 1.94 bits per heavy atom. The molecule has 1 aromatic carbocycles. The van der Waals surface area contributed by atoms with E-state index in [1.54, 1.807) is 32.9 Å². The van der Waals surface area contributed by atoms with Gasteiger partial charge in [-0.15, -0.1) is 0 Å². The standard InChI is InChI=1S/C21H29IN2O7/c1-4-23-17(25)15-9-7-8-10-16(15)18(26)24-21(19(27)30-5-2,20(28)31-6-3)11-13-29-14-12-22/h7-10H,4-6,11-14H2,1-3H3,(H,23,25)(H,24,26). The van der Waals surface area contributed by atoms with Crippen LogP contribution in [0.2, 0.25) is 0 Å². The highest BCUT2D eigenvalue weighted by Gasteiger charge is 2.50. The second-order valence-electron chi connectivity index (χ2n) is 6.26. The van der Waals surface area contributed by atoms with Crippen LogP contribution in [0.4, 0.5) is 0 Å². The van der Waals surface area contributed by atoms with Gasteiger partial charge in [-0.1, -0.05) is 34.7 Å². The molecule has 1 rings (SSSR count). The zero-order valence-electron chi connectivity index (χ0n) is 18.0. The summed E-state index contributed by atoms with van der Waals surface area (Å²) in [5.74, 6) is -3.13. The SMILES string of the molecule is CCNC(=O)c1ccccc1C(=O)NC(CCOCCI)(C(=O)OCC)C(=O)OCC. The van der Waals surface area contributed by atoms with Gasteiger partial charge in [0.25, 0.3) is 11.8 Å². The zero-order chi connectivity index (χ0) is 23.3. The minimum atomic E-state index is -2.11. The summed E-state index contributed by atoms with van der Waals surface area (Å²) in [6, 6.07) is 6.12. The molecule has 0 fully saturated rings. The Hall–Kier alpha value is -2.21. The van der Waals surface area contributed by atoms with E-state index < -0.39 is 29.3 Å². The molecule has 10 heteroatoms. The quantitative estimate of drug-likeness (QED) is 0.127. The molecule has 0 bridgehead atoms. The van der Waals surface area contributed by atoms with E-state index in [0.29, 0.717) is 13.2 Å². The van der Waals surface area contributed by atoms with Crippen LogP contribution >= 0.6 is 22.6 Å². The Morgan fingerprint density at radius 2 is 1.45 bits per heavy atom. The molecule has 0 aliphatic rings. The van der Waals surface area contributed by atoms with E-state index in [1.807, 2.05) is 0 Å². The lowest BCUT2D eigenvalue weighted by molar-refractivity contribution is -0.167. The number of alkyl halides is 1. The zero-order valence-corrected chi connectivity index (χ0v) is 20.2. The van der Waals surface area contributed by atoms with Gasteiger partial charge in [0.15, 0.2) is 0 Å². The average Bonchev–Trinajstić information content (AvgIpc) is 2.76. The number of amides is 2. The van der Waals surface area contributed by atoms with Gasteiger partial charge in [-0.05, 0) is 32.9 Å². The Labute approximate surface area is 195 Å². The molecule has 1 aromatic rings. The summed E-state index contributed by atoms with van der Waals surface area (Å²) in [5, 5.41) is 5.11. The van der Waals surface area contributed by atoms with Gasteiger partial charge in [-0.2, -0.15) is 0 Å². The van der Waals surface area contributed by atoms with Crippen LogP contribution in [0.5, 0.6) is 0 Å². The van der Waals surface area contributed by atoms with E-state index in [9.17, 15) is 19.2 Å². The number of hydrogen-bond donors (Lipinski definition) is 2. The molecule has 0 saturated carbocycles. The van der Waals surface area contributed by atoms with Crippen molar-refractivity contribution in [2.75, 3.05) is 37.4 Å². The summed E-state index contributed by atoms with van der Waals surface area (Å²) < 4.78 is 16.3. The van der Waals surface area contributed by atoms with Gasteiger partial charge < -0.3 is 24.8 Å². The van der Waals surface area contributed by atoms with Gasteiger partial charge >= 0.3 is 11.9 Å². The minimum Gasteiger partial charge on any atom is -0.464 e. The van der Waals surface area contributed by atoms with Gasteiger partial charge in [0.1, 0.15) is 0 Å². The number of rotatable bonds is 13. The molecular formula is C21H29IN2O7. The summed E-state index contributed by atoms with van der Waals surface area (Å²) in [6.45, 7) is 5.73. The first-order chi connectivity index (χ1) is 14.9. The molecule has 31 heavy (non-hydrogen) atoms. The molecule has 172 valence electrons. The van der Waals surface area contributed by atoms with E-state index in [0.717, 1.165) is 4.43 Å². The summed E-state index contributed by atoms with van der Waals surface area (Å²) in [4.78, 5) is 51.2. The van der Waals surface area contributed by atoms with Crippen LogP contribution in [-0.2, 0) is 23.8 Å². The Balaban J connectivity index is 3.35. The van der Waals surface area contributed by atoms with Crippen LogP contribution in [0.1, 0.15) is 47.9 Å². The molecule has 0 radical (unpaired) electrons. The second kappa shape index (κ2) is 14.0. The normalized spacial score (nSPS) is 10.8. The number of nitrogens with one attached hydrogen (secondary N) is 2. The lowest BCUT2D eigenvalue weighted by Crippen LogP contribution is -2.62. The summed E-state index contributed by atoms with van der Waals surface area (Å²) >= 11 is 2.13. The smallest absolute Gasteiger partial charge is 0.343 e. The van der Waals surface area contributed by atoms with Gasteiger partial charge in [0, 0.05) is 17.4 Å². The van der Waals surface area contributed by atoms with Crippen molar-refractivity contribution in [3.8, 4) is 0 Å². The predicted molar refractivity (Wildman–Crippen MR) is 122 cm³/mol. The van der Waals surface area contributed by atoms with Crippen molar-refractivity contribution in [2.24, 2.45) is 0 Å². The third-order valence-corrected chi connectivity index (χ3v) is 4.61. The molecule has 2 amide bonds. The molecule has 0 aromatic heterocycles. The molecule has 0 saturated heterocycles. The maximum Gasteiger partial charge on any atom is 0.343 e. The fourth-order valence-electron chi connectivity index (χ4n) is 2.74. The summed E-state index contributed by atoms with van der Waals surface area (Å²) in [6.07, 6.45) is -0.184. The monoisotopic (exact) mass is 548 g/mol. The fourth-order valence-corrected chi connectivity index (χ4v) is 3.05. The molecule has 0 aliphatic carbocycles. The number of carbonyl (C=O) groups is 4. The van der Waals surface area contributed by atoms with Crippen LogP contribution in [0.25, 0.3) is 0 Å². The van der Waals surface area contributed by atoms with E-state index >= 15 is 0 Å². The third-order valence-electron chi connectivity index (χ3n) is 4.17. The van der Waals surface area contributed by atoms with Gasteiger partial charge in [0.05, 0.1) is 37.6 Å². The Morgan fingerprint density at radius 1 is 0.903 bits per heavy atom. The van der Waals surface area contributed by atoms with Crippen LogP contribution < -0.4 is 10.6 Å². The van der Waals surface area contributed by atoms with Crippen LogP contribution in [0.15, 0.2) is 24.3 Å². The first-order valence-corrected chi connectivity index (χ1v) is 11.6. The van der Waals surface area contributed by atoms with Gasteiger partial charge in [-0.3, -0.25) is 9.59 Å². The number of hydrogen-bond acceptors (Lipinski definition) is 7. The molecular weight excluding hydrogens is 519 g/mol. The topological polar surface area (TPSA) is 120 Å². The molecule has 9 nitrogen and oxygen atoms in total. The number of esters is 2. The van der Waals surface area contributed by atoms with Crippen molar-refractivity contribution < 1.29 is 33.4 Å². The van der Waals surface area contributed by atoms with Crippen LogP contribution in [0, 0.1) is 0 Å². The first-order valence-electron chi connectivity index (χ1n) is 10.1. The fraction of sp³-hybridized carbons (Fsp3) is 0.524. The van der Waals surface area contributed by atoms with E-state index in [4.69, 9.17) is 14.2 Å². The first kappa shape index (κ1) is 26.8. The van der Waals surface area contributed by atoms with Crippen LogP contribution in [0.3, 0.4) is 0 Å². The van der Waals surface area contributed by atoms with Crippen molar-refractivity contribution in [1.82, 2.24) is 10.6 Å². The number of benzene rings is 1. The predicted octanol–water partition coefficient (Wildman–Crippen LogP) is 1.87. The molecule has 0 unspecified atom stereocenters. The Bertz CT molecular complexity index is 752. The largest absolute Gasteiger partial charge is 0.464 e. The van der Waals surface area contributed by atoms with Gasteiger partial charge in [0.2, 0.25) is 5.54 Å². The lowest BCUT2D eigenvalue weighted by atomic mass is 9.94. The molecule has 0 aliphatic heterocycles. The van der Waals surface area contributed by atoms with E-state index in [-0.39, 0.29) is 37.4 Å². The summed E-state index contributed by atoms with van der Waals surface area (Å²) in [7, 11) is 0. The highest BCUT2D eigenvalue weighted by molar-refractivity contribution is 14.1. The minimum absolute atomic E-state index is 0.0000404. The maximum absolute atomic E-state index is 13.1. The molecule has 2 N–H and O–H groups in total. The number of halogens is 1.